The first-order valence-corrected chi connectivity index (χ1v) is 5.88. The molecule has 0 aliphatic carbocycles. The fourth-order valence-electron chi connectivity index (χ4n) is 1.09. The van der Waals surface area contributed by atoms with Crippen LogP contribution in [0.3, 0.4) is 0 Å². The van der Waals surface area contributed by atoms with Gasteiger partial charge in [-0.3, -0.25) is 0 Å². The summed E-state index contributed by atoms with van der Waals surface area (Å²) >= 11 is 0. The van der Waals surface area contributed by atoms with Gasteiger partial charge < -0.3 is 9.90 Å². The summed E-state index contributed by atoms with van der Waals surface area (Å²) < 4.78 is 59.1. The van der Waals surface area contributed by atoms with Crippen molar-refractivity contribution in [3.63, 3.8) is 0 Å². The molecule has 0 aliphatic rings. The van der Waals surface area contributed by atoms with Crippen LogP contribution in [0.25, 0.3) is 0 Å². The standard InChI is InChI=1S/C9H7F3O4S/c10-9(11,12)6-1-3-7(4-2-6)17(15,16)5-8(13)14/h1-4H,5H2,(H,13,14)/p-1. The molecule has 0 saturated carbocycles. The lowest BCUT2D eigenvalue weighted by Crippen LogP contribution is -2.30. The van der Waals surface area contributed by atoms with Crippen LogP contribution in [0.5, 0.6) is 0 Å². The fraction of sp³-hybridized carbons (Fsp3) is 0.222. The Balaban J connectivity index is 3.08. The Hall–Kier alpha value is -1.57. The van der Waals surface area contributed by atoms with Gasteiger partial charge >= 0.3 is 6.18 Å². The quantitative estimate of drug-likeness (QED) is 0.785. The smallest absolute Gasteiger partial charge is 0.416 e. The molecule has 0 bridgehead atoms. The lowest BCUT2D eigenvalue weighted by Gasteiger charge is -2.08. The zero-order valence-electron chi connectivity index (χ0n) is 8.19. The number of carboxylic acids is 1. The first-order chi connectivity index (χ1) is 7.63. The van der Waals surface area contributed by atoms with E-state index in [9.17, 15) is 31.5 Å². The summed E-state index contributed by atoms with van der Waals surface area (Å²) in [6.07, 6.45) is -4.57. The molecule has 0 aromatic heterocycles. The van der Waals surface area contributed by atoms with Crippen molar-refractivity contribution >= 4 is 15.8 Å². The molecule has 0 N–H and O–H groups in total. The summed E-state index contributed by atoms with van der Waals surface area (Å²) in [6, 6.07) is 2.56. The van der Waals surface area contributed by atoms with Crippen LogP contribution in [0.2, 0.25) is 0 Å². The minimum atomic E-state index is -4.57. The molecule has 1 aromatic rings. The summed E-state index contributed by atoms with van der Waals surface area (Å²) in [5.74, 6) is -3.08. The van der Waals surface area contributed by atoms with Gasteiger partial charge in [-0.1, -0.05) is 0 Å². The van der Waals surface area contributed by atoms with Crippen molar-refractivity contribution in [3.05, 3.63) is 29.8 Å². The molecule has 1 aromatic carbocycles. The highest BCUT2D eigenvalue weighted by atomic mass is 32.2. The minimum absolute atomic E-state index is 0.491. The van der Waals surface area contributed by atoms with Gasteiger partial charge in [0.25, 0.3) is 0 Å². The maximum Gasteiger partial charge on any atom is 0.416 e. The molecule has 0 fully saturated rings. The number of alkyl halides is 3. The van der Waals surface area contributed by atoms with Crippen LogP contribution < -0.4 is 5.11 Å². The van der Waals surface area contributed by atoms with E-state index in [-0.39, 0.29) is 0 Å². The molecular weight excluding hydrogens is 261 g/mol. The molecule has 8 heteroatoms. The van der Waals surface area contributed by atoms with Crippen LogP contribution in [-0.4, -0.2) is 20.1 Å². The predicted molar refractivity (Wildman–Crippen MR) is 48.5 cm³/mol. The highest BCUT2D eigenvalue weighted by Crippen LogP contribution is 2.29. The Bertz CT molecular complexity index is 516. The van der Waals surface area contributed by atoms with E-state index in [1.165, 1.54) is 0 Å². The molecule has 0 unspecified atom stereocenters. The Morgan fingerprint density at radius 1 is 1.18 bits per heavy atom. The number of carbonyl (C=O) groups is 1. The van der Waals surface area contributed by atoms with E-state index in [4.69, 9.17) is 0 Å². The Labute approximate surface area is 94.6 Å². The highest BCUT2D eigenvalue weighted by Gasteiger charge is 2.30. The number of sulfone groups is 1. The highest BCUT2D eigenvalue weighted by molar-refractivity contribution is 7.92. The number of aliphatic carboxylic acids is 1. The number of carboxylic acid groups (broad SMARTS) is 1. The Morgan fingerprint density at radius 2 is 1.65 bits per heavy atom. The summed E-state index contributed by atoms with van der Waals surface area (Å²) in [4.78, 5) is 9.65. The second kappa shape index (κ2) is 4.36. The van der Waals surface area contributed by atoms with Crippen LogP contribution in [0.1, 0.15) is 5.56 Å². The average molecular weight is 267 g/mol. The molecule has 0 amide bonds. The van der Waals surface area contributed by atoms with Gasteiger partial charge in [0.2, 0.25) is 0 Å². The number of carbonyl (C=O) groups excluding carboxylic acids is 1. The maximum absolute atomic E-state index is 12.2. The Morgan fingerprint density at radius 3 is 2.00 bits per heavy atom. The topological polar surface area (TPSA) is 74.3 Å². The zero-order valence-corrected chi connectivity index (χ0v) is 9.01. The van der Waals surface area contributed by atoms with Crippen LogP contribution in [-0.2, 0) is 20.8 Å². The van der Waals surface area contributed by atoms with Gasteiger partial charge in [-0.15, -0.1) is 0 Å². The third-order valence-corrected chi connectivity index (χ3v) is 3.45. The second-order valence-electron chi connectivity index (χ2n) is 3.15. The predicted octanol–water partition coefficient (Wildman–Crippen LogP) is 0.229. The number of hydrogen-bond acceptors (Lipinski definition) is 4. The van der Waals surface area contributed by atoms with E-state index >= 15 is 0 Å². The van der Waals surface area contributed by atoms with Crippen molar-refractivity contribution in [1.82, 2.24) is 0 Å². The fourth-order valence-corrected chi connectivity index (χ4v) is 2.12. The SMILES string of the molecule is O=C([O-])CS(=O)(=O)c1ccc(C(F)(F)F)cc1. The maximum atomic E-state index is 12.2. The van der Waals surface area contributed by atoms with Gasteiger partial charge in [0.15, 0.2) is 9.84 Å². The third kappa shape index (κ3) is 3.45. The second-order valence-corrected chi connectivity index (χ2v) is 5.14. The molecule has 0 atom stereocenters. The molecule has 0 spiro atoms. The summed E-state index contributed by atoms with van der Waals surface area (Å²) in [7, 11) is -4.15. The molecule has 1 rings (SSSR count). The molecule has 4 nitrogen and oxygen atoms in total. The largest absolute Gasteiger partial charge is 0.549 e. The van der Waals surface area contributed by atoms with Gasteiger partial charge in [0, 0.05) is 0 Å². The average Bonchev–Trinajstić information content (AvgIpc) is 2.14. The van der Waals surface area contributed by atoms with Crippen LogP contribution in [0.4, 0.5) is 13.2 Å². The monoisotopic (exact) mass is 267 g/mol. The third-order valence-electron chi connectivity index (χ3n) is 1.85. The number of halogens is 3. The number of rotatable bonds is 3. The van der Waals surface area contributed by atoms with E-state index in [2.05, 4.69) is 0 Å². The van der Waals surface area contributed by atoms with Gasteiger partial charge in [0.05, 0.1) is 22.2 Å². The van der Waals surface area contributed by atoms with Crippen molar-refractivity contribution < 1.29 is 31.5 Å². The van der Waals surface area contributed by atoms with E-state index in [0.29, 0.717) is 24.3 Å². The zero-order chi connectivity index (χ0) is 13.3. The summed E-state index contributed by atoms with van der Waals surface area (Å²) in [5.41, 5.74) is -1.01. The molecule has 94 valence electrons. The number of benzene rings is 1. The molecule has 0 heterocycles. The van der Waals surface area contributed by atoms with E-state index in [0.717, 1.165) is 0 Å². The van der Waals surface area contributed by atoms with Crippen LogP contribution in [0, 0.1) is 0 Å². The van der Waals surface area contributed by atoms with Crippen molar-refractivity contribution in [2.75, 3.05) is 5.75 Å². The van der Waals surface area contributed by atoms with E-state index in [1.807, 2.05) is 0 Å². The summed E-state index contributed by atoms with van der Waals surface area (Å²) in [6.45, 7) is 0. The van der Waals surface area contributed by atoms with Crippen LogP contribution in [0.15, 0.2) is 29.2 Å². The van der Waals surface area contributed by atoms with E-state index in [1.54, 1.807) is 0 Å². The molecular formula is C9H6F3O4S-. The molecule has 0 aliphatic heterocycles. The van der Waals surface area contributed by atoms with Crippen molar-refractivity contribution in [2.24, 2.45) is 0 Å². The Kier molecular flexibility index (Phi) is 3.46. The van der Waals surface area contributed by atoms with Crippen LogP contribution >= 0.6 is 0 Å². The van der Waals surface area contributed by atoms with E-state index < -0.39 is 38.2 Å². The van der Waals surface area contributed by atoms with Crippen molar-refractivity contribution in [1.29, 1.82) is 0 Å². The lowest BCUT2D eigenvalue weighted by atomic mass is 10.2. The summed E-state index contributed by atoms with van der Waals surface area (Å²) in [5, 5.41) is 10.1. The van der Waals surface area contributed by atoms with Gasteiger partial charge in [0.1, 0.15) is 0 Å². The van der Waals surface area contributed by atoms with Gasteiger partial charge in [-0.05, 0) is 24.3 Å². The van der Waals surface area contributed by atoms with Gasteiger partial charge in [-0.25, -0.2) is 8.42 Å². The molecule has 0 radical (unpaired) electrons. The van der Waals surface area contributed by atoms with Crippen molar-refractivity contribution in [3.8, 4) is 0 Å². The first kappa shape index (κ1) is 13.5. The first-order valence-electron chi connectivity index (χ1n) is 4.23. The normalized spacial score (nSPS) is 12.4. The molecule has 17 heavy (non-hydrogen) atoms. The van der Waals surface area contributed by atoms with Crippen molar-refractivity contribution in [2.45, 2.75) is 11.1 Å². The van der Waals surface area contributed by atoms with Gasteiger partial charge in [-0.2, -0.15) is 13.2 Å². The molecule has 0 saturated heterocycles. The number of hydrogen-bond donors (Lipinski definition) is 0. The minimum Gasteiger partial charge on any atom is -0.549 e. The lowest BCUT2D eigenvalue weighted by molar-refractivity contribution is -0.301.